The number of anilines is 1. The number of benzene rings is 1. The maximum atomic E-state index is 12.2. The first-order valence-corrected chi connectivity index (χ1v) is 7.11. The lowest BCUT2D eigenvalue weighted by molar-refractivity contribution is 0.103. The quantitative estimate of drug-likeness (QED) is 0.883. The van der Waals surface area contributed by atoms with E-state index in [-0.39, 0.29) is 5.91 Å². The number of aryl methyl sites for hydroxylation is 1. The molecule has 4 nitrogen and oxygen atoms in total. The smallest absolute Gasteiger partial charge is 0.267 e. The highest BCUT2D eigenvalue weighted by atomic mass is 32.1. The second kappa shape index (κ2) is 5.11. The monoisotopic (exact) mass is 273 g/mol. The van der Waals surface area contributed by atoms with Crippen molar-refractivity contribution in [3.63, 3.8) is 0 Å². The van der Waals surface area contributed by atoms with Gasteiger partial charge < -0.3 is 10.6 Å². The number of amides is 1. The summed E-state index contributed by atoms with van der Waals surface area (Å²) in [6.45, 7) is 3.73. The first-order chi connectivity index (χ1) is 9.24. The van der Waals surface area contributed by atoms with Crippen molar-refractivity contribution in [2.24, 2.45) is 0 Å². The Morgan fingerprint density at radius 3 is 3.16 bits per heavy atom. The summed E-state index contributed by atoms with van der Waals surface area (Å²) in [5, 5.41) is 7.25. The van der Waals surface area contributed by atoms with Gasteiger partial charge in [-0.1, -0.05) is 12.1 Å². The summed E-state index contributed by atoms with van der Waals surface area (Å²) in [7, 11) is 0. The topological polar surface area (TPSA) is 54.0 Å². The maximum absolute atomic E-state index is 12.2. The van der Waals surface area contributed by atoms with Crippen LogP contribution in [0.25, 0.3) is 0 Å². The molecule has 1 aliphatic rings. The Kier molecular flexibility index (Phi) is 3.31. The molecule has 1 aromatic heterocycles. The molecule has 1 aliphatic heterocycles. The number of nitrogens with one attached hydrogen (secondary N) is 2. The van der Waals surface area contributed by atoms with Crippen molar-refractivity contribution in [3.8, 4) is 0 Å². The van der Waals surface area contributed by atoms with Gasteiger partial charge in [-0.2, -0.15) is 0 Å². The highest BCUT2D eigenvalue weighted by molar-refractivity contribution is 7.13. The second-order valence-electron chi connectivity index (χ2n) is 4.57. The van der Waals surface area contributed by atoms with Gasteiger partial charge in [-0.05, 0) is 37.1 Å². The number of rotatable bonds is 2. The zero-order valence-electron chi connectivity index (χ0n) is 10.7. The van der Waals surface area contributed by atoms with Gasteiger partial charge >= 0.3 is 0 Å². The van der Waals surface area contributed by atoms with E-state index in [1.54, 1.807) is 6.20 Å². The van der Waals surface area contributed by atoms with Crippen LogP contribution in [0.15, 0.2) is 24.4 Å². The molecule has 3 rings (SSSR count). The van der Waals surface area contributed by atoms with E-state index in [1.165, 1.54) is 22.5 Å². The van der Waals surface area contributed by atoms with Gasteiger partial charge in [0.25, 0.3) is 5.91 Å². The van der Waals surface area contributed by atoms with Crippen molar-refractivity contribution < 1.29 is 4.79 Å². The van der Waals surface area contributed by atoms with Crippen LogP contribution in [0.1, 0.15) is 25.8 Å². The maximum Gasteiger partial charge on any atom is 0.267 e. The van der Waals surface area contributed by atoms with Crippen molar-refractivity contribution in [2.75, 3.05) is 11.9 Å². The zero-order chi connectivity index (χ0) is 13.2. The standard InChI is InChI=1S/C14H15N3OS/c1-9-16-8-13(19-9)14(18)17-12-4-2-3-10-7-15-6-5-11(10)12/h2-4,8,15H,5-7H2,1H3,(H,17,18). The van der Waals surface area contributed by atoms with Crippen molar-refractivity contribution in [2.45, 2.75) is 19.9 Å². The second-order valence-corrected chi connectivity index (χ2v) is 5.80. The number of carbonyl (C=O) groups is 1. The Labute approximate surface area is 115 Å². The van der Waals surface area contributed by atoms with Crippen LogP contribution >= 0.6 is 11.3 Å². The summed E-state index contributed by atoms with van der Waals surface area (Å²) in [5.41, 5.74) is 3.44. The molecule has 19 heavy (non-hydrogen) atoms. The normalized spacial score (nSPS) is 13.9. The van der Waals surface area contributed by atoms with Crippen LogP contribution in [-0.2, 0) is 13.0 Å². The molecule has 0 bridgehead atoms. The predicted molar refractivity (Wildman–Crippen MR) is 76.7 cm³/mol. The van der Waals surface area contributed by atoms with Crippen LogP contribution in [0.2, 0.25) is 0 Å². The van der Waals surface area contributed by atoms with Crippen LogP contribution < -0.4 is 10.6 Å². The number of thiazole rings is 1. The molecule has 0 aliphatic carbocycles. The van der Waals surface area contributed by atoms with Gasteiger partial charge in [-0.3, -0.25) is 4.79 Å². The number of aromatic nitrogens is 1. The third-order valence-corrected chi connectivity index (χ3v) is 4.15. The van der Waals surface area contributed by atoms with E-state index in [2.05, 4.69) is 21.7 Å². The summed E-state index contributed by atoms with van der Waals surface area (Å²) in [6.07, 6.45) is 2.58. The molecule has 98 valence electrons. The first-order valence-electron chi connectivity index (χ1n) is 6.29. The summed E-state index contributed by atoms with van der Waals surface area (Å²) in [6, 6.07) is 6.06. The third kappa shape index (κ3) is 2.52. The van der Waals surface area contributed by atoms with E-state index in [9.17, 15) is 4.79 Å². The zero-order valence-corrected chi connectivity index (χ0v) is 11.5. The Morgan fingerprint density at radius 2 is 2.37 bits per heavy atom. The van der Waals surface area contributed by atoms with Crippen LogP contribution in [0.3, 0.4) is 0 Å². The number of hydrogen-bond acceptors (Lipinski definition) is 4. The lowest BCUT2D eigenvalue weighted by Gasteiger charge is -2.20. The number of fused-ring (bicyclic) bond motifs is 1. The Balaban J connectivity index is 1.85. The van der Waals surface area contributed by atoms with Gasteiger partial charge in [0.15, 0.2) is 0 Å². The molecule has 5 heteroatoms. The minimum absolute atomic E-state index is 0.0717. The Hall–Kier alpha value is -1.72. The molecular weight excluding hydrogens is 258 g/mol. The van der Waals surface area contributed by atoms with Crippen LogP contribution in [-0.4, -0.2) is 17.4 Å². The lowest BCUT2D eigenvalue weighted by atomic mass is 9.99. The summed E-state index contributed by atoms with van der Waals surface area (Å²) in [4.78, 5) is 16.9. The van der Waals surface area contributed by atoms with Gasteiger partial charge in [0.05, 0.1) is 11.2 Å². The van der Waals surface area contributed by atoms with Gasteiger partial charge in [0, 0.05) is 12.2 Å². The molecule has 0 radical (unpaired) electrons. The van der Waals surface area contributed by atoms with E-state index in [0.717, 1.165) is 30.2 Å². The highest BCUT2D eigenvalue weighted by Gasteiger charge is 2.15. The molecule has 2 heterocycles. The molecule has 0 saturated carbocycles. The summed E-state index contributed by atoms with van der Waals surface area (Å²) in [5.74, 6) is -0.0717. The fourth-order valence-corrected chi connectivity index (χ4v) is 2.97. The van der Waals surface area contributed by atoms with Gasteiger partial charge in [-0.15, -0.1) is 11.3 Å². The predicted octanol–water partition coefficient (Wildman–Crippen LogP) is 2.35. The van der Waals surface area contributed by atoms with Crippen molar-refractivity contribution in [1.29, 1.82) is 0 Å². The number of carbonyl (C=O) groups excluding carboxylic acids is 1. The fraction of sp³-hybridized carbons (Fsp3) is 0.286. The minimum Gasteiger partial charge on any atom is -0.321 e. The lowest BCUT2D eigenvalue weighted by Crippen LogP contribution is -2.25. The van der Waals surface area contributed by atoms with Crippen molar-refractivity contribution in [1.82, 2.24) is 10.3 Å². The molecule has 0 atom stereocenters. The molecule has 2 aromatic rings. The average molecular weight is 273 g/mol. The highest BCUT2D eigenvalue weighted by Crippen LogP contribution is 2.24. The Morgan fingerprint density at radius 1 is 1.47 bits per heavy atom. The van der Waals surface area contributed by atoms with E-state index in [4.69, 9.17) is 0 Å². The SMILES string of the molecule is Cc1ncc(C(=O)Nc2cccc3c2CCNC3)s1. The summed E-state index contributed by atoms with van der Waals surface area (Å²) < 4.78 is 0. The largest absolute Gasteiger partial charge is 0.321 e. The van der Waals surface area contributed by atoms with E-state index in [0.29, 0.717) is 4.88 Å². The molecule has 0 saturated heterocycles. The van der Waals surface area contributed by atoms with Crippen LogP contribution in [0.5, 0.6) is 0 Å². The number of hydrogen-bond donors (Lipinski definition) is 2. The van der Waals surface area contributed by atoms with E-state index >= 15 is 0 Å². The summed E-state index contributed by atoms with van der Waals surface area (Å²) >= 11 is 1.42. The van der Waals surface area contributed by atoms with Crippen LogP contribution in [0, 0.1) is 6.92 Å². The van der Waals surface area contributed by atoms with Gasteiger partial charge in [-0.25, -0.2) is 4.98 Å². The average Bonchev–Trinajstić information content (AvgIpc) is 2.86. The Bertz CT molecular complexity index is 621. The van der Waals surface area contributed by atoms with Crippen molar-refractivity contribution >= 4 is 22.9 Å². The molecule has 0 unspecified atom stereocenters. The molecule has 0 spiro atoms. The fourth-order valence-electron chi connectivity index (χ4n) is 2.30. The molecule has 1 amide bonds. The van der Waals surface area contributed by atoms with Gasteiger partial charge in [0.2, 0.25) is 0 Å². The first kappa shape index (κ1) is 12.3. The molecule has 2 N–H and O–H groups in total. The van der Waals surface area contributed by atoms with Crippen LogP contribution in [0.4, 0.5) is 5.69 Å². The minimum atomic E-state index is -0.0717. The molecular formula is C14H15N3OS. The van der Waals surface area contributed by atoms with E-state index < -0.39 is 0 Å². The molecule has 0 fully saturated rings. The number of nitrogens with zero attached hydrogens (tertiary/aromatic N) is 1. The van der Waals surface area contributed by atoms with Crippen molar-refractivity contribution in [3.05, 3.63) is 45.4 Å². The van der Waals surface area contributed by atoms with Gasteiger partial charge in [0.1, 0.15) is 4.88 Å². The van der Waals surface area contributed by atoms with E-state index in [1.807, 2.05) is 19.1 Å². The molecule has 1 aromatic carbocycles. The third-order valence-electron chi connectivity index (χ3n) is 3.23.